The smallest absolute Gasteiger partial charge is 0.295 e. The maximum absolute atomic E-state index is 13.3. The molecule has 1 aromatic heterocycles. The number of likely N-dealkylation sites (N-methyl/N-ethyl adjacent to an activating group) is 1. The summed E-state index contributed by atoms with van der Waals surface area (Å²) < 4.78 is 10.7. The Bertz CT molecular complexity index is 1350. The molecule has 1 unspecified atom stereocenters. The first-order chi connectivity index (χ1) is 16.7. The number of aromatic nitrogens is 1. The van der Waals surface area contributed by atoms with Gasteiger partial charge in [0.1, 0.15) is 10.8 Å². The summed E-state index contributed by atoms with van der Waals surface area (Å²) in [7, 11) is 6.53. The molecule has 1 atom stereocenters. The molecule has 0 radical (unpaired) electrons. The van der Waals surface area contributed by atoms with E-state index in [-0.39, 0.29) is 39.2 Å². The Morgan fingerprint density at radius 3 is 2.49 bits per heavy atom. The molecule has 0 bridgehead atoms. The standard InChI is InChI=1S/C25H25Cl2N3O5/c1-29(2)9-10-30-20(15-12-28-17-8-6-5-7-13(15)17)18(22(32)25(30)33)21(31)14-11-16(26)24(35-4)19(27)23(14)34-3/h5-8,11-12,20,28,31H,9-10H2,1-4H3/b21-18+. The quantitative estimate of drug-likeness (QED) is 0.272. The highest BCUT2D eigenvalue weighted by atomic mass is 35.5. The van der Waals surface area contributed by atoms with Crippen molar-refractivity contribution in [2.24, 2.45) is 0 Å². The van der Waals surface area contributed by atoms with E-state index in [2.05, 4.69) is 4.98 Å². The molecule has 1 aliphatic heterocycles. The van der Waals surface area contributed by atoms with Crippen molar-refractivity contribution in [2.75, 3.05) is 41.4 Å². The van der Waals surface area contributed by atoms with E-state index in [4.69, 9.17) is 32.7 Å². The number of ketones is 1. The molecule has 8 nitrogen and oxygen atoms in total. The van der Waals surface area contributed by atoms with Gasteiger partial charge in [0.25, 0.3) is 11.7 Å². The number of para-hydroxylation sites is 1. The maximum Gasteiger partial charge on any atom is 0.295 e. The van der Waals surface area contributed by atoms with Gasteiger partial charge in [-0.3, -0.25) is 9.59 Å². The molecular weight excluding hydrogens is 493 g/mol. The number of fused-ring (bicyclic) bond motifs is 1. The van der Waals surface area contributed by atoms with Crippen molar-refractivity contribution in [2.45, 2.75) is 6.04 Å². The molecule has 1 amide bonds. The van der Waals surface area contributed by atoms with Crippen LogP contribution in [0.2, 0.25) is 10.0 Å². The number of methoxy groups -OCH3 is 2. The molecule has 1 fully saturated rings. The van der Waals surface area contributed by atoms with E-state index in [1.165, 1.54) is 25.2 Å². The van der Waals surface area contributed by atoms with E-state index in [0.29, 0.717) is 12.1 Å². The number of aliphatic hydroxyl groups excluding tert-OH is 1. The minimum atomic E-state index is -0.838. The summed E-state index contributed by atoms with van der Waals surface area (Å²) >= 11 is 12.8. The van der Waals surface area contributed by atoms with Gasteiger partial charge in [-0.1, -0.05) is 41.4 Å². The first-order valence-electron chi connectivity index (χ1n) is 10.8. The fourth-order valence-corrected chi connectivity index (χ4v) is 5.04. The third-order valence-corrected chi connectivity index (χ3v) is 6.66. The SMILES string of the molecule is COc1c(Cl)cc(/C(O)=C2\C(=O)C(=O)N(CCN(C)C)C2c2c[nH]c3ccccc23)c(OC)c1Cl. The molecule has 3 aromatic rings. The van der Waals surface area contributed by atoms with Crippen LogP contribution in [0.4, 0.5) is 0 Å². The summed E-state index contributed by atoms with van der Waals surface area (Å²) in [6.45, 7) is 0.801. The molecule has 4 rings (SSSR count). The highest BCUT2D eigenvalue weighted by Crippen LogP contribution is 2.47. The maximum atomic E-state index is 13.3. The van der Waals surface area contributed by atoms with E-state index in [9.17, 15) is 14.7 Å². The minimum absolute atomic E-state index is 0.0366. The summed E-state index contributed by atoms with van der Waals surface area (Å²) in [5.41, 5.74) is 1.53. The average molecular weight is 518 g/mol. The summed E-state index contributed by atoms with van der Waals surface area (Å²) in [6.07, 6.45) is 1.75. The van der Waals surface area contributed by atoms with Gasteiger partial charge in [0.05, 0.1) is 36.4 Å². The number of ether oxygens (including phenoxy) is 2. The Labute approximate surface area is 212 Å². The molecule has 2 heterocycles. The number of H-pyrrole nitrogens is 1. The molecule has 0 saturated carbocycles. The van der Waals surface area contributed by atoms with Crippen LogP contribution in [-0.4, -0.2) is 73.0 Å². The number of aliphatic hydroxyl groups is 1. The molecule has 35 heavy (non-hydrogen) atoms. The zero-order valence-electron chi connectivity index (χ0n) is 19.7. The summed E-state index contributed by atoms with van der Waals surface area (Å²) in [5, 5.41) is 12.5. The zero-order chi connectivity index (χ0) is 25.4. The third kappa shape index (κ3) is 4.22. The molecule has 184 valence electrons. The van der Waals surface area contributed by atoms with Crippen molar-refractivity contribution in [1.82, 2.24) is 14.8 Å². The summed E-state index contributed by atoms with van der Waals surface area (Å²) in [4.78, 5) is 33.1. The van der Waals surface area contributed by atoms with E-state index in [0.717, 1.165) is 10.9 Å². The fraction of sp³-hybridized carbons (Fsp3) is 0.280. The van der Waals surface area contributed by atoms with Gasteiger partial charge >= 0.3 is 0 Å². The number of carbonyl (C=O) groups is 2. The van der Waals surface area contributed by atoms with Gasteiger partial charge in [-0.2, -0.15) is 0 Å². The molecule has 2 N–H and O–H groups in total. The lowest BCUT2D eigenvalue weighted by Gasteiger charge is -2.26. The number of likely N-dealkylation sites (tertiary alicyclic amines) is 1. The number of amides is 1. The van der Waals surface area contributed by atoms with Gasteiger partial charge in [-0.05, 0) is 26.2 Å². The van der Waals surface area contributed by atoms with Crippen molar-refractivity contribution in [3.63, 3.8) is 0 Å². The van der Waals surface area contributed by atoms with Crippen molar-refractivity contribution >= 4 is 51.6 Å². The molecule has 10 heteroatoms. The number of hydrogen-bond donors (Lipinski definition) is 2. The Kier molecular flexibility index (Phi) is 6.98. The topological polar surface area (TPSA) is 95.1 Å². The highest BCUT2D eigenvalue weighted by Gasteiger charge is 2.47. The van der Waals surface area contributed by atoms with Gasteiger partial charge in [-0.25, -0.2) is 0 Å². The number of halogens is 2. The number of carbonyl (C=O) groups excluding carboxylic acids is 2. The number of aromatic amines is 1. The van der Waals surface area contributed by atoms with E-state index in [1.807, 2.05) is 43.3 Å². The summed E-state index contributed by atoms with van der Waals surface area (Å²) in [5.74, 6) is -1.70. The van der Waals surface area contributed by atoms with Crippen LogP contribution in [0.3, 0.4) is 0 Å². The van der Waals surface area contributed by atoms with Gasteiger partial charge in [0, 0.05) is 35.8 Å². The Morgan fingerprint density at radius 2 is 1.83 bits per heavy atom. The lowest BCUT2D eigenvalue weighted by atomic mass is 9.94. The second kappa shape index (κ2) is 9.81. The van der Waals surface area contributed by atoms with Crippen LogP contribution >= 0.6 is 23.2 Å². The van der Waals surface area contributed by atoms with Gasteiger partial charge in [0.2, 0.25) is 0 Å². The normalized spacial score (nSPS) is 17.6. The number of nitrogens with one attached hydrogen (secondary N) is 1. The Hall–Kier alpha value is -3.20. The first-order valence-corrected chi connectivity index (χ1v) is 11.6. The molecule has 1 aliphatic rings. The van der Waals surface area contributed by atoms with Crippen LogP contribution in [0, 0.1) is 0 Å². The van der Waals surface area contributed by atoms with Crippen LogP contribution in [0.5, 0.6) is 11.5 Å². The van der Waals surface area contributed by atoms with Gasteiger partial charge in [0.15, 0.2) is 11.5 Å². The largest absolute Gasteiger partial charge is 0.507 e. The number of hydrogen-bond acceptors (Lipinski definition) is 6. The number of nitrogens with zero attached hydrogens (tertiary/aromatic N) is 2. The number of benzene rings is 2. The fourth-order valence-electron chi connectivity index (χ4n) is 4.35. The van der Waals surface area contributed by atoms with Crippen molar-refractivity contribution in [3.8, 4) is 11.5 Å². The Balaban J connectivity index is 1.98. The van der Waals surface area contributed by atoms with Crippen molar-refractivity contribution in [1.29, 1.82) is 0 Å². The van der Waals surface area contributed by atoms with Gasteiger partial charge in [-0.15, -0.1) is 0 Å². The number of Topliss-reactive ketones (excluding diaryl/α,β-unsaturated/α-hetero) is 1. The molecular formula is C25H25Cl2N3O5. The molecule has 0 aliphatic carbocycles. The highest BCUT2D eigenvalue weighted by molar-refractivity contribution is 6.47. The Morgan fingerprint density at radius 1 is 1.14 bits per heavy atom. The average Bonchev–Trinajstić information content (AvgIpc) is 3.36. The van der Waals surface area contributed by atoms with Crippen LogP contribution in [0.15, 0.2) is 42.1 Å². The summed E-state index contributed by atoms with van der Waals surface area (Å²) in [6, 6.07) is 8.12. The minimum Gasteiger partial charge on any atom is -0.507 e. The second-order valence-corrected chi connectivity index (χ2v) is 9.16. The lowest BCUT2D eigenvalue weighted by molar-refractivity contribution is -0.140. The van der Waals surface area contributed by atoms with Crippen LogP contribution in [-0.2, 0) is 9.59 Å². The monoisotopic (exact) mass is 517 g/mol. The van der Waals surface area contributed by atoms with Crippen LogP contribution in [0.25, 0.3) is 16.7 Å². The van der Waals surface area contributed by atoms with Crippen molar-refractivity contribution < 1.29 is 24.2 Å². The van der Waals surface area contributed by atoms with Gasteiger partial charge < -0.3 is 29.4 Å². The van der Waals surface area contributed by atoms with Crippen LogP contribution in [0.1, 0.15) is 17.2 Å². The third-order valence-electron chi connectivity index (χ3n) is 6.04. The van der Waals surface area contributed by atoms with E-state index >= 15 is 0 Å². The zero-order valence-corrected chi connectivity index (χ0v) is 21.2. The lowest BCUT2D eigenvalue weighted by Crippen LogP contribution is -2.35. The number of rotatable bonds is 7. The van der Waals surface area contributed by atoms with Crippen LogP contribution < -0.4 is 9.47 Å². The predicted octanol–water partition coefficient (Wildman–Crippen LogP) is 4.48. The van der Waals surface area contributed by atoms with Crippen molar-refractivity contribution in [3.05, 3.63) is 63.3 Å². The van der Waals surface area contributed by atoms with E-state index in [1.54, 1.807) is 6.20 Å². The predicted molar refractivity (Wildman–Crippen MR) is 135 cm³/mol. The molecule has 0 spiro atoms. The van der Waals surface area contributed by atoms with E-state index < -0.39 is 23.5 Å². The first kappa shape index (κ1) is 24.9. The second-order valence-electron chi connectivity index (χ2n) is 8.37. The molecule has 1 saturated heterocycles. The molecule has 2 aromatic carbocycles.